The van der Waals surface area contributed by atoms with Crippen molar-refractivity contribution in [3.8, 4) is 0 Å². The number of benzene rings is 1. The molecule has 2 aromatic rings. The fraction of sp³-hybridized carbons (Fsp3) is 0.273. The van der Waals surface area contributed by atoms with E-state index >= 15 is 0 Å². The number of aromatic nitrogens is 1. The second-order valence-electron chi connectivity index (χ2n) is 2.20. The van der Waals surface area contributed by atoms with Crippen LogP contribution in [0.3, 0.4) is 0 Å². The molecule has 2 rings (SSSR count). The molecule has 0 atom stereocenters. The van der Waals surface area contributed by atoms with Gasteiger partial charge in [-0.25, -0.2) is 4.98 Å². The van der Waals surface area contributed by atoms with Gasteiger partial charge in [-0.05, 0) is 19.1 Å². The average molecular weight is 283 g/mol. The molecule has 1 aromatic carbocycles. The summed E-state index contributed by atoms with van der Waals surface area (Å²) in [6.07, 6.45) is 0. The first-order valence-electron chi connectivity index (χ1n) is 4.18. The standard InChI is InChI=1S/C8H7NS.C2H6.CH3.Y/c1-6-9-7-4-2-3-5-8(7)10-6;1-2;;/h2-5H,1H3;1-2H3;1H3;/q;;-1;. The summed E-state index contributed by atoms with van der Waals surface area (Å²) in [5.41, 5.74) is 1.12. The SMILES string of the molecule is CC.Cc1nc2ccccc2s1.[CH3-].[Y]. The van der Waals surface area contributed by atoms with Crippen LogP contribution in [0.4, 0.5) is 0 Å². The van der Waals surface area contributed by atoms with Crippen molar-refractivity contribution in [2.75, 3.05) is 0 Å². The zero-order valence-corrected chi connectivity index (χ0v) is 12.9. The van der Waals surface area contributed by atoms with Crippen LogP contribution >= 0.6 is 11.3 Å². The molecule has 0 aliphatic heterocycles. The molecule has 0 bridgehead atoms. The second kappa shape index (κ2) is 8.52. The van der Waals surface area contributed by atoms with E-state index in [0.717, 1.165) is 10.5 Å². The molecule has 75 valence electrons. The van der Waals surface area contributed by atoms with Crippen LogP contribution in [0, 0.1) is 14.4 Å². The third-order valence-electron chi connectivity index (χ3n) is 1.40. The van der Waals surface area contributed by atoms with Crippen molar-refractivity contribution in [1.29, 1.82) is 0 Å². The van der Waals surface area contributed by atoms with Gasteiger partial charge in [0.15, 0.2) is 0 Å². The van der Waals surface area contributed by atoms with Gasteiger partial charge in [0.2, 0.25) is 0 Å². The molecular weight excluding hydrogens is 267 g/mol. The maximum atomic E-state index is 4.33. The first-order valence-corrected chi connectivity index (χ1v) is 5.00. The summed E-state index contributed by atoms with van der Waals surface area (Å²) >= 11 is 1.74. The van der Waals surface area contributed by atoms with Gasteiger partial charge < -0.3 is 7.43 Å². The molecule has 1 nitrogen and oxygen atoms in total. The molecule has 0 N–H and O–H groups in total. The molecule has 0 saturated heterocycles. The molecule has 14 heavy (non-hydrogen) atoms. The summed E-state index contributed by atoms with van der Waals surface area (Å²) in [6.45, 7) is 6.03. The van der Waals surface area contributed by atoms with E-state index < -0.39 is 0 Å². The van der Waals surface area contributed by atoms with E-state index in [0.29, 0.717) is 0 Å². The Kier molecular flexibility index (Phi) is 10.1. The number of hydrogen-bond donors (Lipinski definition) is 0. The van der Waals surface area contributed by atoms with Crippen LogP contribution in [-0.2, 0) is 32.7 Å². The fourth-order valence-electron chi connectivity index (χ4n) is 0.987. The van der Waals surface area contributed by atoms with Crippen molar-refractivity contribution >= 4 is 21.6 Å². The Morgan fingerprint density at radius 2 is 1.71 bits per heavy atom. The van der Waals surface area contributed by atoms with E-state index in [9.17, 15) is 0 Å². The Hall–Kier alpha value is 0.214. The summed E-state index contributed by atoms with van der Waals surface area (Å²) in [5, 5.41) is 1.14. The third-order valence-corrected chi connectivity index (χ3v) is 2.35. The molecule has 1 radical (unpaired) electrons. The van der Waals surface area contributed by atoms with Crippen molar-refractivity contribution < 1.29 is 32.7 Å². The van der Waals surface area contributed by atoms with Crippen LogP contribution in [0.5, 0.6) is 0 Å². The van der Waals surface area contributed by atoms with Gasteiger partial charge >= 0.3 is 0 Å². The smallest absolute Gasteiger partial charge is 0.0907 e. The number of hydrogen-bond acceptors (Lipinski definition) is 2. The predicted molar refractivity (Wildman–Crippen MR) is 62.1 cm³/mol. The molecule has 1 heterocycles. The van der Waals surface area contributed by atoms with Crippen molar-refractivity contribution in [2.24, 2.45) is 0 Å². The fourth-order valence-corrected chi connectivity index (χ4v) is 1.81. The summed E-state index contributed by atoms with van der Waals surface area (Å²) in [4.78, 5) is 4.33. The van der Waals surface area contributed by atoms with Gasteiger partial charge in [-0.1, -0.05) is 26.0 Å². The van der Waals surface area contributed by atoms with Gasteiger partial charge in [0, 0.05) is 32.7 Å². The Morgan fingerprint density at radius 3 is 2.29 bits per heavy atom. The Morgan fingerprint density at radius 1 is 1.14 bits per heavy atom. The molecular formula is C11H16NSY-. The van der Waals surface area contributed by atoms with Crippen molar-refractivity contribution in [2.45, 2.75) is 20.8 Å². The van der Waals surface area contributed by atoms with E-state index in [1.165, 1.54) is 4.70 Å². The molecule has 0 amide bonds. The minimum Gasteiger partial charge on any atom is -0.358 e. The zero-order valence-electron chi connectivity index (χ0n) is 9.24. The molecule has 1 aromatic heterocycles. The van der Waals surface area contributed by atoms with Crippen molar-refractivity contribution in [1.82, 2.24) is 4.98 Å². The summed E-state index contributed by atoms with van der Waals surface area (Å²) in [7, 11) is 0. The molecule has 0 unspecified atom stereocenters. The minimum absolute atomic E-state index is 0. The molecule has 0 spiro atoms. The van der Waals surface area contributed by atoms with Gasteiger partial charge in [-0.3, -0.25) is 0 Å². The minimum atomic E-state index is 0. The third kappa shape index (κ3) is 4.16. The first kappa shape index (κ1) is 16.6. The van der Waals surface area contributed by atoms with Gasteiger partial charge in [0.05, 0.1) is 15.2 Å². The number of aryl methyl sites for hydroxylation is 1. The van der Waals surface area contributed by atoms with E-state index in [4.69, 9.17) is 0 Å². The van der Waals surface area contributed by atoms with Gasteiger partial charge in [0.25, 0.3) is 0 Å². The molecule has 0 fully saturated rings. The summed E-state index contributed by atoms with van der Waals surface area (Å²) in [6, 6.07) is 8.19. The Balaban J connectivity index is 0. The molecule has 0 aliphatic carbocycles. The molecule has 3 heteroatoms. The van der Waals surface area contributed by atoms with E-state index in [1.54, 1.807) is 11.3 Å². The number of thiazole rings is 1. The van der Waals surface area contributed by atoms with Gasteiger partial charge in [-0.15, -0.1) is 11.3 Å². The zero-order chi connectivity index (χ0) is 8.97. The number of nitrogens with zero attached hydrogens (tertiary/aromatic N) is 1. The van der Waals surface area contributed by atoms with E-state index in [-0.39, 0.29) is 40.1 Å². The summed E-state index contributed by atoms with van der Waals surface area (Å²) in [5.74, 6) is 0. The number of rotatable bonds is 0. The van der Waals surface area contributed by atoms with E-state index in [2.05, 4.69) is 11.1 Å². The summed E-state index contributed by atoms with van der Waals surface area (Å²) < 4.78 is 1.28. The van der Waals surface area contributed by atoms with Crippen molar-refractivity contribution in [3.05, 3.63) is 36.7 Å². The number of para-hydroxylation sites is 1. The van der Waals surface area contributed by atoms with Crippen LogP contribution < -0.4 is 0 Å². The quantitative estimate of drug-likeness (QED) is 0.664. The average Bonchev–Trinajstić information content (AvgIpc) is 2.48. The Bertz CT molecular complexity index is 324. The second-order valence-corrected chi connectivity index (χ2v) is 3.44. The van der Waals surface area contributed by atoms with Crippen LogP contribution in [0.2, 0.25) is 0 Å². The Labute approximate surface area is 116 Å². The van der Waals surface area contributed by atoms with Gasteiger partial charge in [-0.2, -0.15) is 0 Å². The maximum Gasteiger partial charge on any atom is 0.0907 e. The van der Waals surface area contributed by atoms with Crippen LogP contribution in [0.15, 0.2) is 24.3 Å². The van der Waals surface area contributed by atoms with Crippen LogP contribution in [-0.4, -0.2) is 4.98 Å². The topological polar surface area (TPSA) is 12.9 Å². The number of fused-ring (bicyclic) bond motifs is 1. The normalized spacial score (nSPS) is 7.93. The predicted octanol–water partition coefficient (Wildman–Crippen LogP) is 4.08. The van der Waals surface area contributed by atoms with Gasteiger partial charge in [0.1, 0.15) is 0 Å². The largest absolute Gasteiger partial charge is 0.358 e. The first-order chi connectivity index (χ1) is 5.86. The monoisotopic (exact) mass is 283 g/mol. The molecule has 0 saturated carbocycles. The van der Waals surface area contributed by atoms with Crippen molar-refractivity contribution in [3.63, 3.8) is 0 Å². The molecule has 0 aliphatic rings. The van der Waals surface area contributed by atoms with Crippen LogP contribution in [0.1, 0.15) is 18.9 Å². The van der Waals surface area contributed by atoms with Crippen LogP contribution in [0.25, 0.3) is 10.2 Å². The van der Waals surface area contributed by atoms with E-state index in [1.807, 2.05) is 39.0 Å². The maximum absolute atomic E-state index is 4.33.